The molecule has 1 aliphatic rings. The maximum absolute atomic E-state index is 12.6. The number of aryl methyl sites for hydroxylation is 2. The average molecular weight is 309 g/mol. The third-order valence-corrected chi connectivity index (χ3v) is 4.57. The fourth-order valence-corrected chi connectivity index (χ4v) is 3.49. The van der Waals surface area contributed by atoms with Gasteiger partial charge in [0.25, 0.3) is 0 Å². The van der Waals surface area contributed by atoms with Crippen LogP contribution in [-0.2, 0) is 11.3 Å². The van der Waals surface area contributed by atoms with E-state index in [1.165, 1.54) is 0 Å². The van der Waals surface area contributed by atoms with E-state index in [1.54, 1.807) is 7.11 Å². The smallest absolute Gasteiger partial charge is 0.318 e. The van der Waals surface area contributed by atoms with Gasteiger partial charge in [0.15, 0.2) is 0 Å². The quantitative estimate of drug-likeness (QED) is 0.877. The summed E-state index contributed by atoms with van der Waals surface area (Å²) >= 11 is 0. The van der Waals surface area contributed by atoms with Gasteiger partial charge < -0.3 is 19.5 Å². The van der Waals surface area contributed by atoms with Crippen molar-refractivity contribution in [3.8, 4) is 0 Å². The molecule has 1 saturated heterocycles. The van der Waals surface area contributed by atoms with Crippen molar-refractivity contribution in [3.05, 3.63) is 17.0 Å². The summed E-state index contributed by atoms with van der Waals surface area (Å²) in [6, 6.07) is -0.0250. The zero-order valence-corrected chi connectivity index (χ0v) is 14.1. The van der Waals surface area contributed by atoms with Gasteiger partial charge >= 0.3 is 6.03 Å². The molecule has 1 N–H and O–H groups in total. The van der Waals surface area contributed by atoms with Gasteiger partial charge in [0.05, 0.1) is 17.8 Å². The van der Waals surface area contributed by atoms with E-state index in [1.807, 2.05) is 18.7 Å². The molecule has 2 amide bonds. The van der Waals surface area contributed by atoms with Gasteiger partial charge in [0.2, 0.25) is 0 Å². The first-order chi connectivity index (χ1) is 10.5. The molecule has 1 aliphatic heterocycles. The van der Waals surface area contributed by atoms with Crippen molar-refractivity contribution < 1.29 is 14.1 Å². The molecule has 1 aromatic rings. The molecule has 22 heavy (non-hydrogen) atoms. The lowest BCUT2D eigenvalue weighted by atomic mass is 9.91. The SMILES string of the molecule is CCC[C@]1(COC)CCCN1C(=O)NCc1c(C)noc1C. The number of hydrogen-bond acceptors (Lipinski definition) is 4. The number of urea groups is 1. The maximum atomic E-state index is 12.6. The number of nitrogens with zero attached hydrogens (tertiary/aromatic N) is 2. The molecular formula is C16H27N3O3. The van der Waals surface area contributed by atoms with E-state index in [0.29, 0.717) is 13.2 Å². The third-order valence-electron chi connectivity index (χ3n) is 4.57. The molecule has 0 unspecified atom stereocenters. The van der Waals surface area contributed by atoms with Crippen LogP contribution in [0.15, 0.2) is 4.52 Å². The number of carbonyl (C=O) groups is 1. The first-order valence-corrected chi connectivity index (χ1v) is 8.00. The second-order valence-electron chi connectivity index (χ2n) is 6.12. The molecule has 0 aliphatic carbocycles. The van der Waals surface area contributed by atoms with Crippen molar-refractivity contribution in [1.82, 2.24) is 15.4 Å². The van der Waals surface area contributed by atoms with Crippen LogP contribution in [0.1, 0.15) is 49.6 Å². The Labute approximate surface area is 132 Å². The molecule has 0 saturated carbocycles. The highest BCUT2D eigenvalue weighted by atomic mass is 16.5. The molecule has 124 valence electrons. The van der Waals surface area contributed by atoms with E-state index in [0.717, 1.165) is 49.2 Å². The molecule has 0 bridgehead atoms. The molecule has 0 aromatic carbocycles. The Bertz CT molecular complexity index is 487. The minimum Gasteiger partial charge on any atom is -0.382 e. The topological polar surface area (TPSA) is 67.6 Å². The van der Waals surface area contributed by atoms with Crippen molar-refractivity contribution >= 4 is 6.03 Å². The van der Waals surface area contributed by atoms with Gasteiger partial charge in [-0.25, -0.2) is 4.79 Å². The molecular weight excluding hydrogens is 282 g/mol. The van der Waals surface area contributed by atoms with Crippen LogP contribution in [0.2, 0.25) is 0 Å². The number of methoxy groups -OCH3 is 1. The Kier molecular flexibility index (Phi) is 5.45. The Morgan fingerprint density at radius 2 is 2.27 bits per heavy atom. The molecule has 6 nitrogen and oxygen atoms in total. The maximum Gasteiger partial charge on any atom is 0.318 e. The summed E-state index contributed by atoms with van der Waals surface area (Å²) in [5, 5.41) is 6.93. The molecule has 2 heterocycles. The molecule has 2 rings (SSSR count). The first kappa shape index (κ1) is 16.8. The Balaban J connectivity index is 2.04. The monoisotopic (exact) mass is 309 g/mol. The van der Waals surface area contributed by atoms with Gasteiger partial charge in [0.1, 0.15) is 5.76 Å². The molecule has 0 radical (unpaired) electrons. The summed E-state index contributed by atoms with van der Waals surface area (Å²) in [6.45, 7) is 7.74. The number of hydrogen-bond donors (Lipinski definition) is 1. The molecule has 0 spiro atoms. The van der Waals surface area contributed by atoms with Crippen molar-refractivity contribution in [2.24, 2.45) is 0 Å². The molecule has 1 aromatic heterocycles. The summed E-state index contributed by atoms with van der Waals surface area (Å²) in [4.78, 5) is 14.6. The van der Waals surface area contributed by atoms with Crippen LogP contribution in [0.5, 0.6) is 0 Å². The Morgan fingerprint density at radius 3 is 2.86 bits per heavy atom. The normalized spacial score (nSPS) is 21.4. The zero-order chi connectivity index (χ0) is 16.2. The lowest BCUT2D eigenvalue weighted by Gasteiger charge is -2.38. The van der Waals surface area contributed by atoms with Crippen molar-refractivity contribution in [2.75, 3.05) is 20.3 Å². The highest BCUT2D eigenvalue weighted by Gasteiger charge is 2.42. The molecule has 1 atom stereocenters. The number of carbonyl (C=O) groups excluding carboxylic acids is 1. The number of nitrogens with one attached hydrogen (secondary N) is 1. The minimum atomic E-state index is -0.160. The van der Waals surface area contributed by atoms with Gasteiger partial charge in [-0.05, 0) is 33.1 Å². The lowest BCUT2D eigenvalue weighted by Crippen LogP contribution is -2.53. The number of aromatic nitrogens is 1. The van der Waals surface area contributed by atoms with E-state index < -0.39 is 0 Å². The van der Waals surface area contributed by atoms with Crippen LogP contribution in [-0.4, -0.2) is 41.9 Å². The van der Waals surface area contributed by atoms with Crippen molar-refractivity contribution in [3.63, 3.8) is 0 Å². The second-order valence-corrected chi connectivity index (χ2v) is 6.12. The summed E-state index contributed by atoms with van der Waals surface area (Å²) in [5.74, 6) is 0.760. The van der Waals surface area contributed by atoms with Crippen LogP contribution in [0.3, 0.4) is 0 Å². The first-order valence-electron chi connectivity index (χ1n) is 8.00. The minimum absolute atomic E-state index is 0.0250. The van der Waals surface area contributed by atoms with Gasteiger partial charge in [-0.1, -0.05) is 18.5 Å². The van der Waals surface area contributed by atoms with Crippen molar-refractivity contribution in [2.45, 2.75) is 58.5 Å². The third kappa shape index (κ3) is 3.27. The molecule has 6 heteroatoms. The molecule has 1 fully saturated rings. The van der Waals surface area contributed by atoms with E-state index >= 15 is 0 Å². The second kappa shape index (κ2) is 7.13. The van der Waals surface area contributed by atoms with Gasteiger partial charge in [0, 0.05) is 25.8 Å². The Morgan fingerprint density at radius 1 is 1.50 bits per heavy atom. The predicted molar refractivity (Wildman–Crippen MR) is 83.7 cm³/mol. The highest BCUT2D eigenvalue weighted by Crippen LogP contribution is 2.34. The van der Waals surface area contributed by atoms with Crippen LogP contribution in [0, 0.1) is 13.8 Å². The summed E-state index contributed by atoms with van der Waals surface area (Å²) in [5.41, 5.74) is 1.63. The predicted octanol–water partition coefficient (Wildman–Crippen LogP) is 2.78. The van der Waals surface area contributed by atoms with E-state index in [4.69, 9.17) is 9.26 Å². The zero-order valence-electron chi connectivity index (χ0n) is 14.1. The van der Waals surface area contributed by atoms with Gasteiger partial charge in [-0.15, -0.1) is 0 Å². The summed E-state index contributed by atoms with van der Waals surface area (Å²) < 4.78 is 10.5. The van der Waals surface area contributed by atoms with E-state index in [2.05, 4.69) is 17.4 Å². The van der Waals surface area contributed by atoms with Crippen LogP contribution < -0.4 is 5.32 Å². The number of rotatable bonds is 6. The van der Waals surface area contributed by atoms with Crippen molar-refractivity contribution in [1.29, 1.82) is 0 Å². The fraction of sp³-hybridized carbons (Fsp3) is 0.750. The summed E-state index contributed by atoms with van der Waals surface area (Å²) in [7, 11) is 1.70. The highest BCUT2D eigenvalue weighted by molar-refractivity contribution is 5.75. The number of likely N-dealkylation sites (tertiary alicyclic amines) is 1. The standard InChI is InChI=1S/C16H27N3O3/c1-5-7-16(11-21-4)8-6-9-19(16)15(20)17-10-14-12(2)18-22-13(14)3/h5-11H2,1-4H3,(H,17,20)/t16-/m1/s1. The lowest BCUT2D eigenvalue weighted by molar-refractivity contribution is 0.0500. The average Bonchev–Trinajstić information content (AvgIpc) is 3.02. The number of ether oxygens (including phenoxy) is 1. The summed E-state index contributed by atoms with van der Waals surface area (Å²) in [6.07, 6.45) is 4.05. The Hall–Kier alpha value is -1.56. The fourth-order valence-electron chi connectivity index (χ4n) is 3.49. The number of amides is 2. The van der Waals surface area contributed by atoms with Crippen LogP contribution in [0.25, 0.3) is 0 Å². The van der Waals surface area contributed by atoms with Crippen LogP contribution >= 0.6 is 0 Å². The van der Waals surface area contributed by atoms with Gasteiger partial charge in [-0.2, -0.15) is 0 Å². The van der Waals surface area contributed by atoms with E-state index in [9.17, 15) is 4.79 Å². The van der Waals surface area contributed by atoms with E-state index in [-0.39, 0.29) is 11.6 Å². The van der Waals surface area contributed by atoms with Crippen LogP contribution in [0.4, 0.5) is 4.79 Å². The largest absolute Gasteiger partial charge is 0.382 e. The van der Waals surface area contributed by atoms with Gasteiger partial charge in [-0.3, -0.25) is 0 Å².